The van der Waals surface area contributed by atoms with Crippen LogP contribution in [0.2, 0.25) is 0 Å². The quantitative estimate of drug-likeness (QED) is 0.231. The maximum Gasteiger partial charge on any atom is 0.331 e. The van der Waals surface area contributed by atoms with Crippen LogP contribution in [0.1, 0.15) is 97.0 Å². The van der Waals surface area contributed by atoms with Crippen molar-refractivity contribution in [1.82, 2.24) is 0 Å². The number of carbonyl (C=O) groups is 2. The van der Waals surface area contributed by atoms with Gasteiger partial charge in [0, 0.05) is 30.8 Å². The molecule has 6 fully saturated rings. The number of hydrogen-bond acceptors (Lipinski definition) is 9. The zero-order chi connectivity index (χ0) is 33.5. The van der Waals surface area contributed by atoms with Crippen LogP contribution in [0.4, 0.5) is 0 Å². The minimum absolute atomic E-state index is 0.0829. The number of fused-ring (bicyclic) bond motifs is 6. The molecule has 4 saturated carbocycles. The number of cyclic esters (lactones) is 1. The molecule has 2 saturated heterocycles. The average Bonchev–Trinajstić information content (AvgIpc) is 3.74. The van der Waals surface area contributed by atoms with Crippen LogP contribution in [-0.4, -0.2) is 76.8 Å². The van der Waals surface area contributed by atoms with Gasteiger partial charge in [-0.05, 0) is 93.6 Å². The molecular formula is C39H52O9. The highest BCUT2D eigenvalue weighted by Crippen LogP contribution is 2.70. The summed E-state index contributed by atoms with van der Waals surface area (Å²) in [5, 5.41) is 25.0. The Bertz CT molecular complexity index is 1450. The molecule has 5 unspecified atom stereocenters. The van der Waals surface area contributed by atoms with Gasteiger partial charge in [0.2, 0.25) is 0 Å². The molecular weight excluding hydrogens is 612 g/mol. The summed E-state index contributed by atoms with van der Waals surface area (Å²) in [6, 6.07) is 10.3. The van der Waals surface area contributed by atoms with Crippen molar-refractivity contribution in [3.63, 3.8) is 0 Å². The Hall–Kier alpha value is -2.14. The fourth-order valence-electron chi connectivity index (χ4n) is 11.9. The van der Waals surface area contributed by atoms with E-state index in [0.717, 1.165) is 37.5 Å². The minimum atomic E-state index is -1.21. The number of aliphatic hydroxyl groups is 2. The van der Waals surface area contributed by atoms with Crippen LogP contribution in [0, 0.1) is 28.6 Å². The normalized spacial score (nSPS) is 49.7. The number of carbonyl (C=O) groups excluding carboxylic acids is 2. The third-order valence-corrected chi connectivity index (χ3v) is 14.4. The van der Waals surface area contributed by atoms with Crippen molar-refractivity contribution < 1.29 is 43.5 Å². The summed E-state index contributed by atoms with van der Waals surface area (Å²) in [6.07, 6.45) is 8.87. The number of rotatable bonds is 7. The van der Waals surface area contributed by atoms with Crippen LogP contribution < -0.4 is 0 Å². The summed E-state index contributed by atoms with van der Waals surface area (Å²) in [5.74, 6) is -1.11. The van der Waals surface area contributed by atoms with Crippen molar-refractivity contribution >= 4 is 12.3 Å². The van der Waals surface area contributed by atoms with Gasteiger partial charge in [-0.1, -0.05) is 44.2 Å². The van der Waals surface area contributed by atoms with Crippen molar-refractivity contribution in [2.75, 3.05) is 6.61 Å². The molecule has 3 heterocycles. The monoisotopic (exact) mass is 664 g/mol. The van der Waals surface area contributed by atoms with Crippen molar-refractivity contribution in [2.45, 2.75) is 146 Å². The molecule has 13 atom stereocenters. The first-order valence-electron chi connectivity index (χ1n) is 18.5. The van der Waals surface area contributed by atoms with Gasteiger partial charge in [0.15, 0.2) is 12.1 Å². The maximum atomic E-state index is 13.2. The Morgan fingerprint density at radius 1 is 1.00 bits per heavy atom. The van der Waals surface area contributed by atoms with Gasteiger partial charge in [-0.15, -0.1) is 0 Å². The van der Waals surface area contributed by atoms with Crippen LogP contribution in [-0.2, 0) is 39.7 Å². The second kappa shape index (κ2) is 11.7. The first-order chi connectivity index (χ1) is 23.0. The minimum Gasteiger partial charge on any atom is -0.458 e. The molecule has 48 heavy (non-hydrogen) atoms. The number of aldehydes is 1. The predicted molar refractivity (Wildman–Crippen MR) is 174 cm³/mol. The van der Waals surface area contributed by atoms with Gasteiger partial charge in [-0.2, -0.15) is 0 Å². The van der Waals surface area contributed by atoms with Crippen LogP contribution >= 0.6 is 0 Å². The van der Waals surface area contributed by atoms with Gasteiger partial charge in [0.25, 0.3) is 0 Å². The first-order valence-corrected chi connectivity index (χ1v) is 18.5. The average molecular weight is 665 g/mol. The van der Waals surface area contributed by atoms with Gasteiger partial charge < -0.3 is 38.7 Å². The highest BCUT2D eigenvalue weighted by atomic mass is 16.8. The summed E-state index contributed by atoms with van der Waals surface area (Å²) >= 11 is 0. The molecule has 0 bridgehead atoms. The highest BCUT2D eigenvalue weighted by Gasteiger charge is 2.71. The van der Waals surface area contributed by atoms with Crippen LogP contribution in [0.3, 0.4) is 0 Å². The maximum absolute atomic E-state index is 13.2. The molecule has 0 radical (unpaired) electrons. The molecule has 2 N–H and O–H groups in total. The smallest absolute Gasteiger partial charge is 0.331 e. The summed E-state index contributed by atoms with van der Waals surface area (Å²) in [6.45, 7) is 6.59. The van der Waals surface area contributed by atoms with E-state index in [1.807, 2.05) is 25.1 Å². The van der Waals surface area contributed by atoms with Gasteiger partial charge in [0.1, 0.15) is 19.0 Å². The Labute approximate surface area is 283 Å². The van der Waals surface area contributed by atoms with Crippen molar-refractivity contribution in [1.29, 1.82) is 0 Å². The van der Waals surface area contributed by atoms with E-state index in [1.165, 1.54) is 5.56 Å². The van der Waals surface area contributed by atoms with Gasteiger partial charge in [-0.25, -0.2) is 4.79 Å². The van der Waals surface area contributed by atoms with E-state index in [9.17, 15) is 19.8 Å². The van der Waals surface area contributed by atoms with Crippen LogP contribution in [0.15, 0.2) is 42.0 Å². The second-order valence-corrected chi connectivity index (χ2v) is 16.4. The van der Waals surface area contributed by atoms with Gasteiger partial charge in [0.05, 0.1) is 34.9 Å². The van der Waals surface area contributed by atoms with Crippen LogP contribution in [0.25, 0.3) is 0 Å². The second-order valence-electron chi connectivity index (χ2n) is 16.4. The molecule has 1 aromatic carbocycles. The Kier molecular flexibility index (Phi) is 8.06. The van der Waals surface area contributed by atoms with Crippen molar-refractivity contribution in [3.05, 3.63) is 47.5 Å². The molecule has 7 aliphatic rings. The number of benzene rings is 1. The topological polar surface area (TPSA) is 121 Å². The standard InChI is InChI=1S/C39H52O9/c1-4-38(20-25-8-6-5-7-9-25)47-31-19-33(45-24(2)34(31)48-38)46-27-10-15-36(23-40)29-11-14-35(3)28(26-18-32(41)44-22-26)13-17-39(35,43)30(29)12-16-37(36,42)21-27/h5-9,18,23-24,27-31,33-34,42-43H,4,10-17,19-22H2,1-3H3/t24?,27-,28+,29?,30?,31?,33-,34+,35+,36-,37-,38?,39-/m0/s1. The Balaban J connectivity index is 0.954. The van der Waals surface area contributed by atoms with E-state index in [-0.39, 0.29) is 48.1 Å². The molecule has 9 nitrogen and oxygen atoms in total. The molecule has 0 aromatic heterocycles. The molecule has 3 aliphatic heterocycles. The van der Waals surface area contributed by atoms with E-state index >= 15 is 0 Å². The largest absolute Gasteiger partial charge is 0.458 e. The molecule has 0 spiro atoms. The number of hydrogen-bond donors (Lipinski definition) is 2. The zero-order valence-electron chi connectivity index (χ0n) is 28.6. The lowest BCUT2D eigenvalue weighted by atomic mass is 9.41. The summed E-state index contributed by atoms with van der Waals surface area (Å²) < 4.78 is 31.5. The van der Waals surface area contributed by atoms with E-state index < -0.39 is 34.1 Å². The third-order valence-electron chi connectivity index (χ3n) is 14.4. The van der Waals surface area contributed by atoms with Crippen molar-refractivity contribution in [3.8, 4) is 0 Å². The highest BCUT2D eigenvalue weighted by molar-refractivity contribution is 5.85. The summed E-state index contributed by atoms with van der Waals surface area (Å²) in [4.78, 5) is 25.2. The molecule has 0 amide bonds. The van der Waals surface area contributed by atoms with Gasteiger partial charge >= 0.3 is 5.97 Å². The van der Waals surface area contributed by atoms with E-state index in [4.69, 9.17) is 23.7 Å². The first kappa shape index (κ1) is 33.0. The lowest BCUT2D eigenvalue weighted by Crippen LogP contribution is -2.69. The zero-order valence-corrected chi connectivity index (χ0v) is 28.6. The molecule has 262 valence electrons. The molecule has 4 aliphatic carbocycles. The van der Waals surface area contributed by atoms with Crippen molar-refractivity contribution in [2.24, 2.45) is 28.6 Å². The predicted octanol–water partition coefficient (Wildman–Crippen LogP) is 5.19. The number of esters is 1. The Morgan fingerprint density at radius 2 is 1.79 bits per heavy atom. The number of ether oxygens (including phenoxy) is 5. The lowest BCUT2D eigenvalue weighted by Gasteiger charge is -2.65. The summed E-state index contributed by atoms with van der Waals surface area (Å²) in [5.41, 5.74) is -1.34. The molecule has 9 heteroatoms. The summed E-state index contributed by atoms with van der Waals surface area (Å²) in [7, 11) is 0. The van der Waals surface area contributed by atoms with E-state index in [0.29, 0.717) is 58.0 Å². The fraction of sp³-hybridized carbons (Fsp3) is 0.744. The van der Waals surface area contributed by atoms with Gasteiger partial charge in [-0.3, -0.25) is 0 Å². The Morgan fingerprint density at radius 3 is 2.52 bits per heavy atom. The SMILES string of the molecule is CCC1(Cc2ccccc2)OC2C[C@H](O[C@H]3CC[C@]4(C=O)C5CC[C@]6(C)[C@@H](C7=CC(=O)OC7)CC[C@]6(O)C5CC[C@]4(O)C3)OC(C)[C@H]2O1. The third kappa shape index (κ3) is 4.85. The lowest BCUT2D eigenvalue weighted by molar-refractivity contribution is -0.278. The molecule has 1 aromatic rings. The van der Waals surface area contributed by atoms with E-state index in [2.05, 4.69) is 26.0 Å². The molecule has 8 rings (SSSR count). The van der Waals surface area contributed by atoms with Crippen LogP contribution in [0.5, 0.6) is 0 Å². The van der Waals surface area contributed by atoms with E-state index in [1.54, 1.807) is 6.08 Å². The fourth-order valence-corrected chi connectivity index (χ4v) is 11.9.